The summed E-state index contributed by atoms with van der Waals surface area (Å²) < 4.78 is 8.04. The molecule has 0 N–H and O–H groups in total. The van der Waals surface area contributed by atoms with Crippen molar-refractivity contribution in [2.24, 2.45) is 0 Å². The second kappa shape index (κ2) is 6.10. The molecule has 0 saturated carbocycles. The summed E-state index contributed by atoms with van der Waals surface area (Å²) in [5.74, 6) is 0.794. The molecule has 0 aliphatic carbocycles. The summed E-state index contributed by atoms with van der Waals surface area (Å²) in [4.78, 5) is 16.7. The molecule has 3 aromatic rings. The van der Waals surface area contributed by atoms with Crippen LogP contribution in [0.4, 0.5) is 0 Å². The molecule has 0 aliphatic rings. The van der Waals surface area contributed by atoms with E-state index in [1.165, 1.54) is 0 Å². The molecular formula is C16H13BrN2O2. The Balaban J connectivity index is 1.78. The van der Waals surface area contributed by atoms with Gasteiger partial charge in [-0.25, -0.2) is 4.98 Å². The van der Waals surface area contributed by atoms with Gasteiger partial charge in [-0.3, -0.25) is 9.36 Å². The number of fused-ring (bicyclic) bond motifs is 1. The Morgan fingerprint density at radius 1 is 1.14 bits per heavy atom. The predicted octanol–water partition coefficient (Wildman–Crippen LogP) is 3.24. The molecule has 5 heteroatoms. The molecule has 0 saturated heterocycles. The molecule has 0 bridgehead atoms. The number of aromatic nitrogens is 2. The van der Waals surface area contributed by atoms with Crippen LogP contribution in [0.2, 0.25) is 0 Å². The lowest BCUT2D eigenvalue weighted by atomic mass is 10.2. The molecule has 0 unspecified atom stereocenters. The highest BCUT2D eigenvalue weighted by molar-refractivity contribution is 9.10. The van der Waals surface area contributed by atoms with Crippen LogP contribution in [0, 0.1) is 0 Å². The van der Waals surface area contributed by atoms with Crippen molar-refractivity contribution in [2.45, 2.75) is 6.54 Å². The number of hydrogen-bond donors (Lipinski definition) is 0. The lowest BCUT2D eigenvalue weighted by molar-refractivity contribution is 0.296. The molecule has 0 atom stereocenters. The van der Waals surface area contributed by atoms with E-state index in [-0.39, 0.29) is 5.56 Å². The Hall–Kier alpha value is -2.14. The number of nitrogens with zero attached hydrogens (tertiary/aromatic N) is 2. The summed E-state index contributed by atoms with van der Waals surface area (Å²) >= 11 is 3.37. The van der Waals surface area contributed by atoms with Gasteiger partial charge in [0.1, 0.15) is 12.4 Å². The summed E-state index contributed by atoms with van der Waals surface area (Å²) in [6, 6.07) is 15.0. The van der Waals surface area contributed by atoms with Gasteiger partial charge in [0.05, 0.1) is 23.8 Å². The van der Waals surface area contributed by atoms with E-state index in [0.29, 0.717) is 24.1 Å². The average molecular weight is 345 g/mol. The Bertz CT molecular complexity index is 815. The molecule has 0 spiro atoms. The first kappa shape index (κ1) is 13.8. The Morgan fingerprint density at radius 2 is 1.95 bits per heavy atom. The maximum Gasteiger partial charge on any atom is 0.261 e. The summed E-state index contributed by atoms with van der Waals surface area (Å²) in [5, 5.41) is 0.603. The summed E-state index contributed by atoms with van der Waals surface area (Å²) in [5.41, 5.74) is 0.640. The van der Waals surface area contributed by atoms with E-state index >= 15 is 0 Å². The molecule has 2 aromatic carbocycles. The van der Waals surface area contributed by atoms with Crippen molar-refractivity contribution in [1.29, 1.82) is 0 Å². The normalized spacial score (nSPS) is 10.7. The van der Waals surface area contributed by atoms with Crippen LogP contribution < -0.4 is 10.3 Å². The number of benzene rings is 2. The average Bonchev–Trinajstić information content (AvgIpc) is 2.51. The van der Waals surface area contributed by atoms with Gasteiger partial charge in [-0.05, 0) is 30.3 Å². The third kappa shape index (κ3) is 3.13. The van der Waals surface area contributed by atoms with E-state index in [9.17, 15) is 4.79 Å². The summed E-state index contributed by atoms with van der Waals surface area (Å²) in [6.07, 6.45) is 1.56. The van der Waals surface area contributed by atoms with Crippen molar-refractivity contribution in [3.63, 3.8) is 0 Å². The quantitative estimate of drug-likeness (QED) is 0.729. The Labute approximate surface area is 130 Å². The van der Waals surface area contributed by atoms with Crippen LogP contribution >= 0.6 is 15.9 Å². The van der Waals surface area contributed by atoms with Gasteiger partial charge in [0.15, 0.2) is 0 Å². The smallest absolute Gasteiger partial charge is 0.261 e. The third-order valence-corrected chi connectivity index (χ3v) is 3.62. The van der Waals surface area contributed by atoms with Gasteiger partial charge in [-0.1, -0.05) is 34.1 Å². The van der Waals surface area contributed by atoms with Gasteiger partial charge in [0.25, 0.3) is 5.56 Å². The van der Waals surface area contributed by atoms with E-state index in [0.717, 1.165) is 10.2 Å². The number of hydrogen-bond acceptors (Lipinski definition) is 3. The molecule has 21 heavy (non-hydrogen) atoms. The highest BCUT2D eigenvalue weighted by Gasteiger charge is 2.04. The summed E-state index contributed by atoms with van der Waals surface area (Å²) in [6.45, 7) is 0.883. The minimum absolute atomic E-state index is 0.0574. The first-order valence-corrected chi connectivity index (χ1v) is 7.36. The SMILES string of the molecule is O=c1c2cc(Br)ccc2ncn1CCOc1ccccc1. The van der Waals surface area contributed by atoms with Gasteiger partial charge in [-0.15, -0.1) is 0 Å². The van der Waals surface area contributed by atoms with Gasteiger partial charge in [-0.2, -0.15) is 0 Å². The molecule has 1 heterocycles. The van der Waals surface area contributed by atoms with Crippen molar-refractivity contribution in [3.05, 3.63) is 69.7 Å². The molecule has 0 aliphatic heterocycles. The van der Waals surface area contributed by atoms with E-state index in [1.54, 1.807) is 17.0 Å². The third-order valence-electron chi connectivity index (χ3n) is 3.13. The Kier molecular flexibility index (Phi) is 4.01. The molecule has 0 fully saturated rings. The van der Waals surface area contributed by atoms with Crippen molar-refractivity contribution >= 4 is 26.8 Å². The first-order chi connectivity index (χ1) is 10.2. The van der Waals surface area contributed by atoms with Gasteiger partial charge >= 0.3 is 0 Å². The predicted molar refractivity (Wildman–Crippen MR) is 85.6 cm³/mol. The van der Waals surface area contributed by atoms with Gasteiger partial charge in [0, 0.05) is 4.47 Å². The highest BCUT2D eigenvalue weighted by atomic mass is 79.9. The zero-order valence-corrected chi connectivity index (χ0v) is 12.8. The van der Waals surface area contributed by atoms with E-state index < -0.39 is 0 Å². The first-order valence-electron chi connectivity index (χ1n) is 6.56. The summed E-state index contributed by atoms with van der Waals surface area (Å²) in [7, 11) is 0. The van der Waals surface area contributed by atoms with Gasteiger partial charge in [0.2, 0.25) is 0 Å². The van der Waals surface area contributed by atoms with Crippen LogP contribution in [0.3, 0.4) is 0 Å². The largest absolute Gasteiger partial charge is 0.492 e. The standard InChI is InChI=1S/C16H13BrN2O2/c17-12-6-7-15-14(10-12)16(20)19(11-18-15)8-9-21-13-4-2-1-3-5-13/h1-7,10-11H,8-9H2. The number of ether oxygens (including phenoxy) is 1. The fourth-order valence-corrected chi connectivity index (χ4v) is 2.43. The van der Waals surface area contributed by atoms with Crippen molar-refractivity contribution in [3.8, 4) is 5.75 Å². The van der Waals surface area contributed by atoms with Crippen molar-refractivity contribution in [1.82, 2.24) is 9.55 Å². The van der Waals surface area contributed by atoms with E-state index in [4.69, 9.17) is 4.74 Å². The van der Waals surface area contributed by atoms with Crippen LogP contribution in [-0.2, 0) is 6.54 Å². The lowest BCUT2D eigenvalue weighted by Gasteiger charge is -2.08. The highest BCUT2D eigenvalue weighted by Crippen LogP contribution is 2.14. The molecule has 1 aromatic heterocycles. The minimum atomic E-state index is -0.0574. The van der Waals surface area contributed by atoms with Crippen LogP contribution in [0.5, 0.6) is 5.75 Å². The monoisotopic (exact) mass is 344 g/mol. The maximum atomic E-state index is 12.4. The molecule has 0 radical (unpaired) electrons. The van der Waals surface area contributed by atoms with E-state index in [1.807, 2.05) is 42.5 Å². The van der Waals surface area contributed by atoms with Gasteiger partial charge < -0.3 is 4.74 Å². The molecule has 4 nitrogen and oxygen atoms in total. The number of halogens is 1. The van der Waals surface area contributed by atoms with E-state index in [2.05, 4.69) is 20.9 Å². The molecule has 0 amide bonds. The van der Waals surface area contributed by atoms with Crippen LogP contribution in [-0.4, -0.2) is 16.2 Å². The lowest BCUT2D eigenvalue weighted by Crippen LogP contribution is -2.23. The minimum Gasteiger partial charge on any atom is -0.492 e. The molecule has 3 rings (SSSR count). The van der Waals surface area contributed by atoms with Crippen LogP contribution in [0.1, 0.15) is 0 Å². The molecular weight excluding hydrogens is 332 g/mol. The van der Waals surface area contributed by atoms with Crippen molar-refractivity contribution in [2.75, 3.05) is 6.61 Å². The Morgan fingerprint density at radius 3 is 2.76 bits per heavy atom. The van der Waals surface area contributed by atoms with Crippen LogP contribution in [0.15, 0.2) is 64.1 Å². The fraction of sp³-hybridized carbons (Fsp3) is 0.125. The maximum absolute atomic E-state index is 12.4. The second-order valence-electron chi connectivity index (χ2n) is 4.57. The second-order valence-corrected chi connectivity index (χ2v) is 5.48. The fourth-order valence-electron chi connectivity index (χ4n) is 2.07. The van der Waals surface area contributed by atoms with Crippen LogP contribution in [0.25, 0.3) is 10.9 Å². The molecule has 106 valence electrons. The number of rotatable bonds is 4. The zero-order chi connectivity index (χ0) is 14.7. The topological polar surface area (TPSA) is 44.1 Å². The number of para-hydroxylation sites is 1. The zero-order valence-electron chi connectivity index (χ0n) is 11.2. The van der Waals surface area contributed by atoms with Crippen molar-refractivity contribution < 1.29 is 4.74 Å².